The van der Waals surface area contributed by atoms with Crippen LogP contribution in [0.4, 0.5) is 13.2 Å². The van der Waals surface area contributed by atoms with E-state index in [9.17, 15) is 23.1 Å². The van der Waals surface area contributed by atoms with Crippen molar-refractivity contribution in [2.75, 3.05) is 32.8 Å². The number of hydrogen-bond acceptors (Lipinski definition) is 4. The SMILES string of the molecule is Cl.O=C(C1CNCCO1)N1CCC(O)(C(F)(F)F)C1. The number of carbonyl (C=O) groups excluding carboxylic acids is 1. The maximum Gasteiger partial charge on any atom is 0.419 e. The number of alkyl halides is 3. The third-order valence-electron chi connectivity index (χ3n) is 3.29. The average Bonchev–Trinajstić information content (AvgIpc) is 2.73. The molecule has 2 saturated heterocycles. The van der Waals surface area contributed by atoms with E-state index in [2.05, 4.69) is 5.32 Å². The lowest BCUT2D eigenvalue weighted by Gasteiger charge is -2.29. The van der Waals surface area contributed by atoms with E-state index in [1.165, 1.54) is 0 Å². The fourth-order valence-corrected chi connectivity index (χ4v) is 2.14. The van der Waals surface area contributed by atoms with E-state index in [1.807, 2.05) is 0 Å². The second-order valence-electron chi connectivity index (χ2n) is 4.60. The predicted octanol–water partition coefficient (Wildman–Crippen LogP) is -0.0777. The van der Waals surface area contributed by atoms with Crippen LogP contribution in [0.2, 0.25) is 0 Å². The summed E-state index contributed by atoms with van der Waals surface area (Å²) in [6.45, 7) is 0.452. The molecule has 0 radical (unpaired) electrons. The summed E-state index contributed by atoms with van der Waals surface area (Å²) in [7, 11) is 0. The maximum atomic E-state index is 12.6. The number of nitrogens with one attached hydrogen (secondary N) is 1. The van der Waals surface area contributed by atoms with Crippen LogP contribution in [0.15, 0.2) is 0 Å². The molecule has 2 N–H and O–H groups in total. The zero-order valence-corrected chi connectivity index (χ0v) is 10.9. The molecule has 0 aliphatic carbocycles. The lowest BCUT2D eigenvalue weighted by atomic mass is 10.0. The number of amides is 1. The number of aliphatic hydroxyl groups is 1. The number of ether oxygens (including phenoxy) is 1. The summed E-state index contributed by atoms with van der Waals surface area (Å²) in [5.74, 6) is -0.498. The zero-order valence-electron chi connectivity index (χ0n) is 10.1. The third-order valence-corrected chi connectivity index (χ3v) is 3.29. The topological polar surface area (TPSA) is 61.8 Å². The van der Waals surface area contributed by atoms with Crippen molar-refractivity contribution < 1.29 is 27.8 Å². The Hall–Kier alpha value is -0.570. The van der Waals surface area contributed by atoms with Crippen molar-refractivity contribution in [2.45, 2.75) is 24.3 Å². The van der Waals surface area contributed by atoms with Crippen LogP contribution in [0.1, 0.15) is 6.42 Å². The van der Waals surface area contributed by atoms with Crippen LogP contribution < -0.4 is 5.32 Å². The van der Waals surface area contributed by atoms with Gasteiger partial charge in [-0.1, -0.05) is 0 Å². The lowest BCUT2D eigenvalue weighted by molar-refractivity contribution is -0.253. The van der Waals surface area contributed by atoms with Crippen molar-refractivity contribution in [1.29, 1.82) is 0 Å². The fraction of sp³-hybridized carbons (Fsp3) is 0.900. The van der Waals surface area contributed by atoms with Gasteiger partial charge < -0.3 is 20.1 Å². The van der Waals surface area contributed by atoms with E-state index in [-0.39, 0.29) is 19.0 Å². The van der Waals surface area contributed by atoms with Crippen LogP contribution in [0.5, 0.6) is 0 Å². The van der Waals surface area contributed by atoms with Crippen LogP contribution in [0.3, 0.4) is 0 Å². The van der Waals surface area contributed by atoms with Gasteiger partial charge in [0.2, 0.25) is 0 Å². The molecule has 2 aliphatic heterocycles. The van der Waals surface area contributed by atoms with Gasteiger partial charge >= 0.3 is 6.18 Å². The minimum Gasteiger partial charge on any atom is -0.379 e. The van der Waals surface area contributed by atoms with E-state index < -0.39 is 36.8 Å². The predicted molar refractivity (Wildman–Crippen MR) is 62.1 cm³/mol. The Bertz CT molecular complexity index is 336. The number of halogens is 4. The molecule has 112 valence electrons. The number of hydrogen-bond donors (Lipinski definition) is 2. The Labute approximate surface area is 114 Å². The maximum absolute atomic E-state index is 12.6. The van der Waals surface area contributed by atoms with Crippen LogP contribution in [-0.4, -0.2) is 66.6 Å². The fourth-order valence-electron chi connectivity index (χ4n) is 2.14. The van der Waals surface area contributed by atoms with Crippen molar-refractivity contribution in [3.63, 3.8) is 0 Å². The van der Waals surface area contributed by atoms with Crippen LogP contribution in [0.25, 0.3) is 0 Å². The molecule has 5 nitrogen and oxygen atoms in total. The van der Waals surface area contributed by atoms with Crippen LogP contribution in [0, 0.1) is 0 Å². The number of carbonyl (C=O) groups is 1. The van der Waals surface area contributed by atoms with Gasteiger partial charge in [-0.3, -0.25) is 4.79 Å². The first kappa shape index (κ1) is 16.5. The highest BCUT2D eigenvalue weighted by Crippen LogP contribution is 2.37. The Morgan fingerprint density at radius 3 is 2.63 bits per heavy atom. The Morgan fingerprint density at radius 1 is 1.47 bits per heavy atom. The Balaban J connectivity index is 0.00000180. The largest absolute Gasteiger partial charge is 0.419 e. The molecule has 2 aliphatic rings. The molecule has 0 spiro atoms. The van der Waals surface area contributed by atoms with Gasteiger partial charge in [0.1, 0.15) is 6.10 Å². The molecule has 0 bridgehead atoms. The minimum atomic E-state index is -4.71. The molecule has 0 aromatic heterocycles. The summed E-state index contributed by atoms with van der Waals surface area (Å²) in [6, 6.07) is 0. The van der Waals surface area contributed by atoms with Gasteiger partial charge in [0.15, 0.2) is 5.60 Å². The molecule has 0 aromatic carbocycles. The van der Waals surface area contributed by atoms with Crippen LogP contribution >= 0.6 is 12.4 Å². The molecular formula is C10H16ClF3N2O3. The summed E-state index contributed by atoms with van der Waals surface area (Å²) < 4.78 is 43.0. The van der Waals surface area contributed by atoms with Gasteiger partial charge in [-0.2, -0.15) is 13.2 Å². The molecule has 2 atom stereocenters. The Morgan fingerprint density at radius 2 is 2.16 bits per heavy atom. The van der Waals surface area contributed by atoms with Crippen LogP contribution in [-0.2, 0) is 9.53 Å². The highest BCUT2D eigenvalue weighted by atomic mass is 35.5. The molecule has 2 unspecified atom stereocenters. The summed E-state index contributed by atoms with van der Waals surface area (Å²) in [5, 5.41) is 12.4. The minimum absolute atomic E-state index is 0. The molecule has 19 heavy (non-hydrogen) atoms. The first-order chi connectivity index (χ1) is 8.33. The smallest absolute Gasteiger partial charge is 0.379 e. The summed E-state index contributed by atoms with van der Waals surface area (Å²) in [4.78, 5) is 12.9. The Kier molecular flexibility index (Phi) is 5.05. The molecule has 0 saturated carbocycles. The van der Waals surface area contributed by atoms with Gasteiger partial charge in [-0.15, -0.1) is 12.4 Å². The summed E-state index contributed by atoms with van der Waals surface area (Å²) in [5.41, 5.74) is -2.79. The molecule has 1 amide bonds. The van der Waals surface area contributed by atoms with Gasteiger partial charge in [0.05, 0.1) is 13.2 Å². The molecule has 9 heteroatoms. The molecule has 2 fully saturated rings. The van der Waals surface area contributed by atoms with Gasteiger partial charge in [-0.05, 0) is 0 Å². The molecule has 0 aromatic rings. The first-order valence-electron chi connectivity index (χ1n) is 5.74. The number of morpholine rings is 1. The summed E-state index contributed by atoms with van der Waals surface area (Å²) >= 11 is 0. The second kappa shape index (κ2) is 5.82. The van der Waals surface area contributed by atoms with Crippen molar-refractivity contribution >= 4 is 18.3 Å². The quantitative estimate of drug-likeness (QED) is 0.711. The summed E-state index contributed by atoms with van der Waals surface area (Å²) in [6.07, 6.45) is -5.95. The zero-order chi connectivity index (χ0) is 13.4. The van der Waals surface area contributed by atoms with Gasteiger partial charge in [0.25, 0.3) is 5.91 Å². The third kappa shape index (κ3) is 3.31. The van der Waals surface area contributed by atoms with E-state index >= 15 is 0 Å². The standard InChI is InChI=1S/C10H15F3N2O3.ClH/c11-10(12,13)9(17)1-3-15(6-9)8(16)7-5-14-2-4-18-7;/h7,14,17H,1-6H2;1H. The highest BCUT2D eigenvalue weighted by molar-refractivity contribution is 5.85. The van der Waals surface area contributed by atoms with Gasteiger partial charge in [-0.25, -0.2) is 0 Å². The number of likely N-dealkylation sites (tertiary alicyclic amines) is 1. The van der Waals surface area contributed by atoms with Crippen molar-refractivity contribution in [3.8, 4) is 0 Å². The lowest BCUT2D eigenvalue weighted by Crippen LogP contribution is -2.52. The molecular weight excluding hydrogens is 289 g/mol. The van der Waals surface area contributed by atoms with Crippen molar-refractivity contribution in [2.24, 2.45) is 0 Å². The average molecular weight is 305 g/mol. The second-order valence-corrected chi connectivity index (χ2v) is 4.60. The van der Waals surface area contributed by atoms with E-state index in [1.54, 1.807) is 0 Å². The number of β-amino-alcohol motifs (C(OH)–C–C–N with tert-alkyl or cyclic N) is 1. The number of rotatable bonds is 1. The van der Waals surface area contributed by atoms with E-state index in [0.29, 0.717) is 19.7 Å². The first-order valence-corrected chi connectivity index (χ1v) is 5.74. The highest BCUT2D eigenvalue weighted by Gasteiger charge is 2.58. The van der Waals surface area contributed by atoms with Gasteiger partial charge in [0, 0.05) is 26.1 Å². The van der Waals surface area contributed by atoms with Crippen molar-refractivity contribution in [3.05, 3.63) is 0 Å². The van der Waals surface area contributed by atoms with Crippen molar-refractivity contribution in [1.82, 2.24) is 10.2 Å². The van der Waals surface area contributed by atoms with E-state index in [0.717, 1.165) is 4.90 Å². The normalized spacial score (nSPS) is 32.0. The number of nitrogens with zero attached hydrogens (tertiary/aromatic N) is 1. The monoisotopic (exact) mass is 304 g/mol. The van der Waals surface area contributed by atoms with E-state index in [4.69, 9.17) is 4.74 Å². The molecule has 2 rings (SSSR count). The molecule has 2 heterocycles.